The molecule has 6 N–H and O–H groups in total. The van der Waals surface area contributed by atoms with Crippen LogP contribution < -0.4 is 11.5 Å². The van der Waals surface area contributed by atoms with Crippen molar-refractivity contribution in [2.45, 2.75) is 13.3 Å². The highest BCUT2D eigenvalue weighted by Crippen LogP contribution is 2.15. The molecule has 0 aromatic heterocycles. The molecule has 0 aliphatic heterocycles. The molecule has 0 spiro atoms. The Labute approximate surface area is 106 Å². The number of rotatable bonds is 4. The predicted molar refractivity (Wildman–Crippen MR) is 69.2 cm³/mol. The molecule has 0 aliphatic carbocycles. The molecule has 0 heterocycles. The highest BCUT2D eigenvalue weighted by atomic mass is 32.3. The van der Waals surface area contributed by atoms with Crippen LogP contribution in [0.15, 0.2) is 18.2 Å². The molecular formula is C10H18N2O5S. The summed E-state index contributed by atoms with van der Waals surface area (Å²) in [6, 6.07) is 5.28. The van der Waals surface area contributed by atoms with Crippen molar-refractivity contribution >= 4 is 21.8 Å². The molecule has 0 unspecified atom stereocenters. The van der Waals surface area contributed by atoms with Gasteiger partial charge in [0.2, 0.25) is 0 Å². The minimum Gasteiger partial charge on any atom is -0.399 e. The molecule has 0 radical (unpaired) electrons. The first-order valence-electron chi connectivity index (χ1n) is 5.16. The maximum Gasteiger partial charge on any atom is 0.397 e. The first-order valence-corrected chi connectivity index (χ1v) is 6.53. The molecule has 0 aliphatic rings. The van der Waals surface area contributed by atoms with Crippen LogP contribution in [0.5, 0.6) is 0 Å². The zero-order valence-electron chi connectivity index (χ0n) is 10.0. The van der Waals surface area contributed by atoms with Gasteiger partial charge in [-0.15, -0.1) is 0 Å². The minimum absolute atomic E-state index is 0.0289. The smallest absolute Gasteiger partial charge is 0.397 e. The highest BCUT2D eigenvalue weighted by Gasteiger charge is 1.98. The van der Waals surface area contributed by atoms with Gasteiger partial charge in [0.05, 0.1) is 6.61 Å². The molecule has 0 bridgehead atoms. The molecule has 0 fully saturated rings. The maximum atomic E-state index is 9.56. The summed E-state index contributed by atoms with van der Waals surface area (Å²) in [4.78, 5) is 0. The van der Waals surface area contributed by atoms with Crippen molar-refractivity contribution in [2.24, 2.45) is 0 Å². The Kier molecular flexibility index (Phi) is 7.29. The number of aliphatic hydroxyl groups excluding tert-OH is 1. The lowest BCUT2D eigenvalue weighted by molar-refractivity contribution is 0.283. The van der Waals surface area contributed by atoms with Crippen molar-refractivity contribution in [3.63, 3.8) is 0 Å². The summed E-state index contributed by atoms with van der Waals surface area (Å²) >= 11 is 0. The molecule has 104 valence electrons. The molecule has 0 amide bonds. The van der Waals surface area contributed by atoms with Crippen LogP contribution in [0, 0.1) is 0 Å². The fraction of sp³-hybridized carbons (Fsp3) is 0.400. The van der Waals surface area contributed by atoms with Crippen molar-refractivity contribution in [3.05, 3.63) is 23.8 Å². The van der Waals surface area contributed by atoms with Crippen LogP contribution in [-0.4, -0.2) is 31.3 Å². The molecule has 0 saturated carbocycles. The van der Waals surface area contributed by atoms with Crippen LogP contribution in [0.3, 0.4) is 0 Å². The largest absolute Gasteiger partial charge is 0.399 e. The number of anilines is 2. The van der Waals surface area contributed by atoms with E-state index in [1.807, 2.05) is 0 Å². The fourth-order valence-electron chi connectivity index (χ4n) is 1.11. The summed E-state index contributed by atoms with van der Waals surface area (Å²) in [6.07, 6.45) is 0.566. The quantitative estimate of drug-likeness (QED) is 0.456. The molecule has 8 heteroatoms. The second-order valence-electron chi connectivity index (χ2n) is 3.27. The molecular weight excluding hydrogens is 260 g/mol. The van der Waals surface area contributed by atoms with Gasteiger partial charge in [-0.05, 0) is 37.1 Å². The van der Waals surface area contributed by atoms with E-state index in [4.69, 9.17) is 21.1 Å². The van der Waals surface area contributed by atoms with Gasteiger partial charge in [-0.1, -0.05) is 0 Å². The van der Waals surface area contributed by atoms with E-state index in [0.29, 0.717) is 17.8 Å². The van der Waals surface area contributed by atoms with Crippen molar-refractivity contribution in [3.8, 4) is 0 Å². The molecule has 0 saturated heterocycles. The van der Waals surface area contributed by atoms with Gasteiger partial charge in [0.1, 0.15) is 0 Å². The highest BCUT2D eigenvalue weighted by molar-refractivity contribution is 7.80. The van der Waals surface area contributed by atoms with E-state index in [1.54, 1.807) is 18.2 Å². The van der Waals surface area contributed by atoms with E-state index in [2.05, 4.69) is 4.18 Å². The molecule has 18 heavy (non-hydrogen) atoms. The first-order chi connectivity index (χ1) is 8.30. The maximum absolute atomic E-state index is 9.56. The lowest BCUT2D eigenvalue weighted by atomic mass is 10.1. The fourth-order valence-corrected chi connectivity index (χ4v) is 1.41. The Morgan fingerprint density at radius 1 is 1.33 bits per heavy atom. The molecule has 1 aromatic carbocycles. The number of nitrogen functional groups attached to an aromatic ring is 2. The number of benzene rings is 1. The third-order valence-electron chi connectivity index (χ3n) is 1.81. The summed E-state index contributed by atoms with van der Waals surface area (Å²) in [5, 5.41) is 8.64. The Bertz CT molecular complexity index is 461. The average Bonchev–Trinajstić information content (AvgIpc) is 2.23. The Morgan fingerprint density at radius 2 is 1.94 bits per heavy atom. The van der Waals surface area contributed by atoms with E-state index in [0.717, 1.165) is 5.56 Å². The Balaban J connectivity index is 0.000000360. The van der Waals surface area contributed by atoms with Crippen LogP contribution in [0.4, 0.5) is 11.4 Å². The van der Waals surface area contributed by atoms with Gasteiger partial charge >= 0.3 is 10.4 Å². The first kappa shape index (κ1) is 16.6. The molecule has 1 aromatic rings. The van der Waals surface area contributed by atoms with Crippen molar-refractivity contribution in [1.29, 1.82) is 0 Å². The summed E-state index contributed by atoms with van der Waals surface area (Å²) in [7, 11) is -4.17. The van der Waals surface area contributed by atoms with Crippen LogP contribution in [0.25, 0.3) is 0 Å². The van der Waals surface area contributed by atoms with Crippen LogP contribution >= 0.6 is 0 Å². The minimum atomic E-state index is -4.17. The van der Waals surface area contributed by atoms with Gasteiger partial charge in [0, 0.05) is 18.0 Å². The topological polar surface area (TPSA) is 136 Å². The van der Waals surface area contributed by atoms with Crippen molar-refractivity contribution in [1.82, 2.24) is 0 Å². The average molecular weight is 278 g/mol. The lowest BCUT2D eigenvalue weighted by Crippen LogP contribution is -2.01. The SMILES string of the molecule is CCOS(=O)(=O)O.Nc1ccc(N)c(CCO)c1. The zero-order chi connectivity index (χ0) is 14.2. The van der Waals surface area contributed by atoms with Gasteiger partial charge in [0.15, 0.2) is 0 Å². The summed E-state index contributed by atoms with van der Waals surface area (Å²) < 4.78 is 30.7. The normalized spacial score (nSPS) is 10.6. The molecule has 7 nitrogen and oxygen atoms in total. The number of hydrogen-bond donors (Lipinski definition) is 4. The third kappa shape index (κ3) is 7.85. The van der Waals surface area contributed by atoms with E-state index in [-0.39, 0.29) is 13.2 Å². The monoisotopic (exact) mass is 278 g/mol. The molecule has 1 rings (SSSR count). The van der Waals surface area contributed by atoms with Gasteiger partial charge < -0.3 is 16.6 Å². The van der Waals surface area contributed by atoms with E-state index in [9.17, 15) is 8.42 Å². The van der Waals surface area contributed by atoms with E-state index >= 15 is 0 Å². The standard InChI is InChI=1S/C8H12N2O.C2H6O4S/c9-7-1-2-8(10)6(5-7)3-4-11;1-2-6-7(3,4)5/h1-2,5,11H,3-4,9-10H2;2H2,1H3,(H,3,4,5). The van der Waals surface area contributed by atoms with E-state index in [1.165, 1.54) is 6.92 Å². The summed E-state index contributed by atoms with van der Waals surface area (Å²) in [5.41, 5.74) is 13.4. The van der Waals surface area contributed by atoms with Crippen molar-refractivity contribution < 1.29 is 22.3 Å². The van der Waals surface area contributed by atoms with Gasteiger partial charge in [-0.25, -0.2) is 4.18 Å². The van der Waals surface area contributed by atoms with Gasteiger partial charge in [-0.3, -0.25) is 4.55 Å². The Morgan fingerprint density at radius 3 is 2.33 bits per heavy atom. The van der Waals surface area contributed by atoms with Crippen LogP contribution in [0.2, 0.25) is 0 Å². The Hall–Kier alpha value is -1.35. The van der Waals surface area contributed by atoms with Crippen LogP contribution in [0.1, 0.15) is 12.5 Å². The van der Waals surface area contributed by atoms with Crippen molar-refractivity contribution in [2.75, 3.05) is 24.7 Å². The van der Waals surface area contributed by atoms with Crippen LogP contribution in [-0.2, 0) is 21.0 Å². The molecule has 0 atom stereocenters. The lowest BCUT2D eigenvalue weighted by Gasteiger charge is -2.03. The zero-order valence-corrected chi connectivity index (χ0v) is 10.9. The third-order valence-corrected chi connectivity index (χ3v) is 2.35. The second kappa shape index (κ2) is 7.88. The number of aliphatic hydroxyl groups is 1. The summed E-state index contributed by atoms with van der Waals surface area (Å²) in [6.45, 7) is 1.54. The predicted octanol–water partition coefficient (Wildman–Crippen LogP) is 0.211. The summed E-state index contributed by atoms with van der Waals surface area (Å²) in [5.74, 6) is 0. The van der Waals surface area contributed by atoms with Gasteiger partial charge in [0.25, 0.3) is 0 Å². The van der Waals surface area contributed by atoms with E-state index < -0.39 is 10.4 Å². The number of nitrogens with two attached hydrogens (primary N) is 2. The number of hydrogen-bond acceptors (Lipinski definition) is 6. The van der Waals surface area contributed by atoms with Gasteiger partial charge in [-0.2, -0.15) is 8.42 Å². The second-order valence-corrected chi connectivity index (χ2v) is 4.36.